The molecule has 0 aromatic carbocycles. The van der Waals surface area contributed by atoms with Crippen LogP contribution in [0.5, 0.6) is 0 Å². The van der Waals surface area contributed by atoms with Gasteiger partial charge in [0.05, 0.1) is 0 Å². The minimum absolute atomic E-state index is 0.468. The van der Waals surface area contributed by atoms with E-state index < -0.39 is 33.4 Å². The van der Waals surface area contributed by atoms with Gasteiger partial charge in [-0.2, -0.15) is 48.3 Å². The third-order valence-corrected chi connectivity index (χ3v) is 3.39. The van der Waals surface area contributed by atoms with E-state index in [-0.39, 0.29) is 0 Å². The number of rotatable bonds is 4. The first-order valence-electron chi connectivity index (χ1n) is 3.90. The third-order valence-electron chi connectivity index (χ3n) is 1.90. The highest BCUT2D eigenvalue weighted by Gasteiger charge is 2.88. The predicted molar refractivity (Wildman–Crippen MR) is 47.5 cm³/mol. The Morgan fingerprint density at radius 3 is 0.950 bits per heavy atom. The molecule has 0 radical (unpaired) electrons. The zero-order valence-electron chi connectivity index (χ0n) is 8.29. The smallest absolute Gasteiger partial charge is 0.217 e. The Balaban J connectivity index is 6.08. The zero-order valence-corrected chi connectivity index (χ0v) is 11.5. The van der Waals surface area contributed by atoms with Crippen LogP contribution in [-0.4, -0.2) is 33.4 Å². The first kappa shape index (κ1) is 20.1. The topological polar surface area (TPSA) is 0 Å². The van der Waals surface area contributed by atoms with Crippen LogP contribution in [0.1, 0.15) is 0 Å². The molecule has 0 aromatic heterocycles. The fraction of sp³-hybridized carbons (Fsp3) is 1.00. The normalized spacial score (nSPS) is 18.9. The Kier molecular flexibility index (Phi) is 4.84. The minimum atomic E-state index is -7.13. The van der Waals surface area contributed by atoms with Crippen LogP contribution < -0.4 is 0 Å². The lowest BCUT2D eigenvalue weighted by molar-refractivity contribution is -0.374. The average molecular weight is 460 g/mol. The van der Waals surface area contributed by atoms with Gasteiger partial charge in [0.1, 0.15) is 0 Å². The van der Waals surface area contributed by atoms with E-state index in [1.807, 2.05) is 0 Å². The van der Waals surface area contributed by atoms with Crippen molar-refractivity contribution >= 4 is 31.9 Å². The van der Waals surface area contributed by atoms with Crippen molar-refractivity contribution in [3.63, 3.8) is 0 Å². The van der Waals surface area contributed by atoms with Crippen molar-refractivity contribution in [1.29, 1.82) is 0 Å². The first-order chi connectivity index (χ1) is 8.25. The molecule has 14 heteroatoms. The molecule has 0 saturated heterocycles. The van der Waals surface area contributed by atoms with Crippen LogP contribution in [0.3, 0.4) is 0 Å². The van der Waals surface area contributed by atoms with Crippen LogP contribution in [0.4, 0.5) is 52.7 Å². The molecule has 0 fully saturated rings. The summed E-state index contributed by atoms with van der Waals surface area (Å²) < 4.78 is 142. The van der Waals surface area contributed by atoms with Gasteiger partial charge in [-0.3, -0.25) is 0 Å². The number of halogens is 14. The van der Waals surface area contributed by atoms with E-state index in [1.165, 1.54) is 0 Å². The molecule has 0 aliphatic rings. The first-order valence-corrected chi connectivity index (χ1v) is 5.48. The summed E-state index contributed by atoms with van der Waals surface area (Å²) in [5.74, 6) is -21.1. The van der Waals surface area contributed by atoms with E-state index in [4.69, 9.17) is 0 Å². The van der Waals surface area contributed by atoms with Crippen molar-refractivity contribution in [2.45, 2.75) is 33.4 Å². The van der Waals surface area contributed by atoms with E-state index in [2.05, 4.69) is 0 Å². The molecule has 0 nitrogen and oxygen atoms in total. The summed E-state index contributed by atoms with van der Waals surface area (Å²) in [7, 11) is 0. The SMILES string of the molecule is FC(F)(F)C(F)(F)C(F)(Br)C(F)(F)C(F)(F)C(F)(F)Br. The van der Waals surface area contributed by atoms with E-state index in [0.29, 0.717) is 31.9 Å². The standard InChI is InChI=1S/C6Br2F12/c7-1(9,3(12,13)6(18,19)20)2(10,11)4(14,15)5(8,16)17. The largest absolute Gasteiger partial charge is 0.458 e. The molecule has 20 heavy (non-hydrogen) atoms. The highest BCUT2D eigenvalue weighted by Crippen LogP contribution is 2.62. The molecule has 0 aliphatic heterocycles. The molecular weight excluding hydrogens is 460 g/mol. The number of hydrogen-bond donors (Lipinski definition) is 0. The highest BCUT2D eigenvalue weighted by atomic mass is 79.9. The molecule has 0 spiro atoms. The summed E-state index contributed by atoms with van der Waals surface area (Å²) in [5.41, 5.74) is 0. The van der Waals surface area contributed by atoms with Crippen molar-refractivity contribution in [3.8, 4) is 0 Å². The van der Waals surface area contributed by atoms with E-state index >= 15 is 0 Å². The fourth-order valence-corrected chi connectivity index (χ4v) is 1.47. The van der Waals surface area contributed by atoms with E-state index in [1.54, 1.807) is 0 Å². The quantitative estimate of drug-likeness (QED) is 0.384. The monoisotopic (exact) mass is 458 g/mol. The van der Waals surface area contributed by atoms with Gasteiger partial charge in [0.2, 0.25) is 0 Å². The van der Waals surface area contributed by atoms with Crippen molar-refractivity contribution in [2.24, 2.45) is 0 Å². The molecule has 0 bridgehead atoms. The number of hydrogen-bond acceptors (Lipinski definition) is 0. The Morgan fingerprint density at radius 1 is 0.450 bits per heavy atom. The molecule has 1 unspecified atom stereocenters. The van der Waals surface area contributed by atoms with Gasteiger partial charge in [-0.1, -0.05) is 0 Å². The molecule has 0 rings (SSSR count). The molecule has 0 heterocycles. The maximum atomic E-state index is 13.0. The maximum Gasteiger partial charge on any atom is 0.458 e. The summed E-state index contributed by atoms with van der Waals surface area (Å²) in [6.45, 7) is 0. The van der Waals surface area contributed by atoms with Crippen LogP contribution in [0.2, 0.25) is 0 Å². The van der Waals surface area contributed by atoms with E-state index in [0.717, 1.165) is 0 Å². The lowest BCUT2D eigenvalue weighted by atomic mass is 10.0. The predicted octanol–water partition coefficient (Wildman–Crippen LogP) is 5.50. The molecule has 0 aromatic rings. The van der Waals surface area contributed by atoms with Crippen LogP contribution in [0.15, 0.2) is 0 Å². The van der Waals surface area contributed by atoms with Gasteiger partial charge < -0.3 is 0 Å². The van der Waals surface area contributed by atoms with Gasteiger partial charge in [0, 0.05) is 0 Å². The van der Waals surface area contributed by atoms with Gasteiger partial charge >= 0.3 is 33.4 Å². The van der Waals surface area contributed by atoms with Gasteiger partial charge in [0.15, 0.2) is 0 Å². The second-order valence-corrected chi connectivity index (χ2v) is 5.38. The summed E-state index contributed by atoms with van der Waals surface area (Å²) >= 11 is 1.14. The van der Waals surface area contributed by atoms with Crippen LogP contribution >= 0.6 is 31.9 Å². The maximum absolute atomic E-state index is 13.0. The molecular formula is C6Br2F12. The zero-order chi connectivity index (χ0) is 17.0. The third kappa shape index (κ3) is 2.61. The van der Waals surface area contributed by atoms with Crippen molar-refractivity contribution < 1.29 is 52.7 Å². The average Bonchev–Trinajstić information content (AvgIpc) is 2.12. The van der Waals surface area contributed by atoms with E-state index in [9.17, 15) is 52.7 Å². The molecule has 1 atom stereocenters. The van der Waals surface area contributed by atoms with Crippen LogP contribution in [-0.2, 0) is 0 Å². The summed E-state index contributed by atoms with van der Waals surface area (Å²) in [5, 5.41) is 0. The minimum Gasteiger partial charge on any atom is -0.217 e. The Labute approximate surface area is 118 Å². The van der Waals surface area contributed by atoms with Gasteiger partial charge in [-0.25, -0.2) is 4.39 Å². The second-order valence-electron chi connectivity index (χ2n) is 3.29. The molecule has 0 N–H and O–H groups in total. The second kappa shape index (κ2) is 4.81. The Morgan fingerprint density at radius 2 is 0.750 bits per heavy atom. The van der Waals surface area contributed by atoms with Crippen molar-refractivity contribution in [3.05, 3.63) is 0 Å². The Bertz CT molecular complexity index is 327. The molecule has 122 valence electrons. The summed E-state index contributed by atoms with van der Waals surface area (Å²) in [6.07, 6.45) is -7.05. The molecule has 0 saturated carbocycles. The van der Waals surface area contributed by atoms with Crippen molar-refractivity contribution in [2.75, 3.05) is 0 Å². The lowest BCUT2D eigenvalue weighted by Crippen LogP contribution is -2.68. The molecule has 0 aliphatic carbocycles. The highest BCUT2D eigenvalue weighted by molar-refractivity contribution is 9.10. The molecule has 0 amide bonds. The number of alkyl halides is 14. The van der Waals surface area contributed by atoms with Gasteiger partial charge in [0.25, 0.3) is 0 Å². The van der Waals surface area contributed by atoms with Gasteiger partial charge in [-0.15, -0.1) is 0 Å². The fourth-order valence-electron chi connectivity index (χ4n) is 0.750. The van der Waals surface area contributed by atoms with Crippen molar-refractivity contribution in [1.82, 2.24) is 0 Å². The van der Waals surface area contributed by atoms with Gasteiger partial charge in [-0.05, 0) is 31.9 Å². The Hall–Kier alpha value is 0.120. The van der Waals surface area contributed by atoms with Crippen LogP contribution in [0.25, 0.3) is 0 Å². The lowest BCUT2D eigenvalue weighted by Gasteiger charge is -2.39. The van der Waals surface area contributed by atoms with Crippen LogP contribution in [0, 0.1) is 0 Å². The summed E-state index contributed by atoms with van der Waals surface area (Å²) in [6, 6.07) is 0. The summed E-state index contributed by atoms with van der Waals surface area (Å²) in [4.78, 5) is -5.96.